The van der Waals surface area contributed by atoms with E-state index in [4.69, 9.17) is 0 Å². The zero-order valence-electron chi connectivity index (χ0n) is 7.38. The van der Waals surface area contributed by atoms with E-state index in [1.165, 1.54) is 5.56 Å². The lowest BCUT2D eigenvalue weighted by molar-refractivity contribution is 1.11. The Morgan fingerprint density at radius 2 is 1.75 bits per heavy atom. The molecule has 0 amide bonds. The Bertz CT molecular complexity index is 431. The smallest absolute Gasteiger partial charge is 0.142 e. The molecule has 0 atom stereocenters. The summed E-state index contributed by atoms with van der Waals surface area (Å²) in [6.45, 7) is 6.07. The maximum Gasteiger partial charge on any atom is 0.142 e. The van der Waals surface area contributed by atoms with Crippen molar-refractivity contribution in [2.45, 2.75) is 20.8 Å². The highest BCUT2D eigenvalue weighted by atomic mass is 32.1. The fourth-order valence-corrected chi connectivity index (χ4v) is 2.03. The second kappa shape index (κ2) is 2.52. The molecule has 3 heteroatoms. The van der Waals surface area contributed by atoms with Crippen LogP contribution in [-0.2, 0) is 0 Å². The molecule has 0 saturated heterocycles. The molecule has 62 valence electrons. The third-order valence-corrected chi connectivity index (χ3v) is 2.98. The van der Waals surface area contributed by atoms with E-state index in [-0.39, 0.29) is 0 Å². The lowest BCUT2D eigenvalue weighted by Crippen LogP contribution is -1.90. The van der Waals surface area contributed by atoms with Crippen LogP contribution in [0, 0.1) is 20.8 Å². The van der Waals surface area contributed by atoms with Crippen molar-refractivity contribution >= 4 is 21.7 Å². The molecule has 0 unspecified atom stereocenters. The fourth-order valence-electron chi connectivity index (χ4n) is 1.12. The Labute approximate surface area is 75.3 Å². The third kappa shape index (κ3) is 1.01. The van der Waals surface area contributed by atoms with Gasteiger partial charge in [0.25, 0.3) is 0 Å². The molecule has 0 N–H and O–H groups in total. The predicted octanol–water partition coefficient (Wildman–Crippen LogP) is 2.62. The van der Waals surface area contributed by atoms with Crippen LogP contribution in [0.2, 0.25) is 0 Å². The summed E-state index contributed by atoms with van der Waals surface area (Å²) in [5.74, 6) is 0. The number of rotatable bonds is 0. The van der Waals surface area contributed by atoms with Crippen molar-refractivity contribution in [3.05, 3.63) is 22.3 Å². The fraction of sp³-hybridized carbons (Fsp3) is 0.333. The first-order chi connectivity index (χ1) is 5.68. The van der Waals surface area contributed by atoms with Crippen LogP contribution in [-0.4, -0.2) is 9.97 Å². The number of hydrogen-bond acceptors (Lipinski definition) is 3. The van der Waals surface area contributed by atoms with E-state index in [1.807, 2.05) is 13.8 Å². The van der Waals surface area contributed by atoms with Gasteiger partial charge in [-0.3, -0.25) is 0 Å². The highest BCUT2D eigenvalue weighted by Crippen LogP contribution is 2.22. The van der Waals surface area contributed by atoms with Crippen LogP contribution in [0.5, 0.6) is 0 Å². The van der Waals surface area contributed by atoms with Crippen molar-refractivity contribution in [2.75, 3.05) is 0 Å². The van der Waals surface area contributed by atoms with Crippen LogP contribution in [0.1, 0.15) is 17.0 Å². The molecule has 0 fully saturated rings. The molecular formula is C9H10N2S. The van der Waals surface area contributed by atoms with E-state index in [0.29, 0.717) is 0 Å². The highest BCUT2D eigenvalue weighted by molar-refractivity contribution is 7.16. The number of nitrogens with zero attached hydrogens (tertiary/aromatic N) is 2. The molecule has 2 rings (SSSR count). The number of aryl methyl sites for hydroxylation is 3. The van der Waals surface area contributed by atoms with Crippen molar-refractivity contribution in [2.24, 2.45) is 0 Å². The average Bonchev–Trinajstić information content (AvgIpc) is 2.35. The Hall–Kier alpha value is -0.960. The minimum Gasteiger partial charge on any atom is -0.248 e. The van der Waals surface area contributed by atoms with E-state index >= 15 is 0 Å². The molecule has 0 saturated carbocycles. The van der Waals surface area contributed by atoms with Gasteiger partial charge in [0.1, 0.15) is 10.3 Å². The first-order valence-corrected chi connectivity index (χ1v) is 4.75. The molecule has 12 heavy (non-hydrogen) atoms. The van der Waals surface area contributed by atoms with E-state index in [2.05, 4.69) is 22.3 Å². The summed E-state index contributed by atoms with van der Waals surface area (Å²) in [7, 11) is 0. The van der Waals surface area contributed by atoms with Crippen LogP contribution in [0.4, 0.5) is 0 Å². The van der Waals surface area contributed by atoms with E-state index in [1.54, 1.807) is 11.3 Å². The zero-order chi connectivity index (χ0) is 8.72. The van der Waals surface area contributed by atoms with Crippen molar-refractivity contribution in [3.63, 3.8) is 0 Å². The lowest BCUT2D eigenvalue weighted by Gasteiger charge is -1.97. The van der Waals surface area contributed by atoms with Crippen LogP contribution in [0.15, 0.2) is 5.38 Å². The minimum absolute atomic E-state index is 1.03. The van der Waals surface area contributed by atoms with Crippen LogP contribution in [0.25, 0.3) is 10.3 Å². The molecule has 0 aliphatic heterocycles. The van der Waals surface area contributed by atoms with Gasteiger partial charge in [-0.2, -0.15) is 0 Å². The summed E-state index contributed by atoms with van der Waals surface area (Å²) >= 11 is 1.66. The largest absolute Gasteiger partial charge is 0.248 e. The first-order valence-electron chi connectivity index (χ1n) is 3.87. The van der Waals surface area contributed by atoms with Crippen molar-refractivity contribution in [1.82, 2.24) is 9.97 Å². The summed E-state index contributed by atoms with van der Waals surface area (Å²) in [6.07, 6.45) is 0. The Kier molecular flexibility index (Phi) is 1.61. The predicted molar refractivity (Wildman–Crippen MR) is 51.6 cm³/mol. The molecule has 0 aliphatic rings. The topological polar surface area (TPSA) is 25.8 Å². The standard InChI is InChI=1S/C9H10N2S/c1-5-4-12-9-8(5)10-6(2)7(3)11-9/h4H,1-3H3. The van der Waals surface area contributed by atoms with Gasteiger partial charge >= 0.3 is 0 Å². The van der Waals surface area contributed by atoms with Crippen LogP contribution in [0.3, 0.4) is 0 Å². The molecule has 2 nitrogen and oxygen atoms in total. The summed E-state index contributed by atoms with van der Waals surface area (Å²) in [5, 5.41) is 2.10. The van der Waals surface area contributed by atoms with Crippen molar-refractivity contribution in [3.8, 4) is 0 Å². The van der Waals surface area contributed by atoms with Gasteiger partial charge in [-0.05, 0) is 31.7 Å². The molecule has 0 aromatic carbocycles. The number of thiophene rings is 1. The van der Waals surface area contributed by atoms with Gasteiger partial charge in [0.05, 0.1) is 11.4 Å². The Balaban J connectivity index is 2.87. The zero-order valence-corrected chi connectivity index (χ0v) is 8.20. The van der Waals surface area contributed by atoms with Gasteiger partial charge in [0.2, 0.25) is 0 Å². The van der Waals surface area contributed by atoms with Gasteiger partial charge in [-0.1, -0.05) is 0 Å². The van der Waals surface area contributed by atoms with Gasteiger partial charge in [-0.15, -0.1) is 11.3 Å². The maximum atomic E-state index is 4.48. The summed E-state index contributed by atoms with van der Waals surface area (Å²) < 4.78 is 0. The Morgan fingerprint density at radius 3 is 2.50 bits per heavy atom. The second-order valence-electron chi connectivity index (χ2n) is 2.97. The summed E-state index contributed by atoms with van der Waals surface area (Å²) in [6, 6.07) is 0. The number of hydrogen-bond donors (Lipinski definition) is 0. The highest BCUT2D eigenvalue weighted by Gasteiger charge is 2.04. The first kappa shape index (κ1) is 7.68. The molecule has 0 radical (unpaired) electrons. The normalized spacial score (nSPS) is 10.9. The SMILES string of the molecule is Cc1nc2scc(C)c2nc1C. The van der Waals surface area contributed by atoms with Crippen LogP contribution >= 0.6 is 11.3 Å². The van der Waals surface area contributed by atoms with Gasteiger partial charge < -0.3 is 0 Å². The Morgan fingerprint density at radius 1 is 1.08 bits per heavy atom. The second-order valence-corrected chi connectivity index (χ2v) is 3.83. The quantitative estimate of drug-likeness (QED) is 0.619. The molecule has 2 heterocycles. The van der Waals surface area contributed by atoms with E-state index in [9.17, 15) is 0 Å². The summed E-state index contributed by atoms with van der Waals surface area (Å²) in [5.41, 5.74) is 4.35. The molecule has 0 bridgehead atoms. The number of fused-ring (bicyclic) bond motifs is 1. The van der Waals surface area contributed by atoms with Crippen molar-refractivity contribution in [1.29, 1.82) is 0 Å². The molecule has 0 spiro atoms. The third-order valence-electron chi connectivity index (χ3n) is 2.00. The maximum absolute atomic E-state index is 4.48. The number of aromatic nitrogens is 2. The molecule has 2 aromatic rings. The molecule has 2 aromatic heterocycles. The van der Waals surface area contributed by atoms with Gasteiger partial charge in [0.15, 0.2) is 0 Å². The lowest BCUT2D eigenvalue weighted by atomic mass is 10.3. The van der Waals surface area contributed by atoms with Gasteiger partial charge in [0, 0.05) is 0 Å². The van der Waals surface area contributed by atoms with E-state index < -0.39 is 0 Å². The monoisotopic (exact) mass is 178 g/mol. The van der Waals surface area contributed by atoms with Crippen LogP contribution < -0.4 is 0 Å². The van der Waals surface area contributed by atoms with E-state index in [0.717, 1.165) is 21.7 Å². The molecular weight excluding hydrogens is 168 g/mol. The minimum atomic E-state index is 1.03. The average molecular weight is 178 g/mol. The summed E-state index contributed by atoms with van der Waals surface area (Å²) in [4.78, 5) is 9.99. The molecule has 0 aliphatic carbocycles. The van der Waals surface area contributed by atoms with Gasteiger partial charge in [-0.25, -0.2) is 9.97 Å². The van der Waals surface area contributed by atoms with Crippen molar-refractivity contribution < 1.29 is 0 Å².